The third-order valence-electron chi connectivity index (χ3n) is 5.16. The van der Waals surface area contributed by atoms with E-state index in [2.05, 4.69) is 25.6 Å². The Balaban J connectivity index is 1.54. The molecule has 0 saturated heterocycles. The second-order valence-electron chi connectivity index (χ2n) is 7.35. The lowest BCUT2D eigenvalue weighted by Gasteiger charge is -2.17. The second-order valence-corrected chi connectivity index (χ2v) is 7.35. The maximum atomic E-state index is 12.9. The number of rotatable bonds is 4. The molecule has 4 rings (SSSR count). The van der Waals surface area contributed by atoms with E-state index < -0.39 is 0 Å². The molecule has 1 saturated carbocycles. The van der Waals surface area contributed by atoms with Crippen molar-refractivity contribution in [2.45, 2.75) is 51.5 Å². The van der Waals surface area contributed by atoms with Crippen LogP contribution in [0, 0.1) is 6.92 Å². The van der Waals surface area contributed by atoms with Gasteiger partial charge in [-0.05, 0) is 31.9 Å². The van der Waals surface area contributed by atoms with Crippen molar-refractivity contribution in [3.05, 3.63) is 54.1 Å². The second kappa shape index (κ2) is 8.33. The summed E-state index contributed by atoms with van der Waals surface area (Å²) in [5.74, 6) is 1.05. The molecular weight excluding hydrogens is 350 g/mol. The van der Waals surface area contributed by atoms with E-state index in [9.17, 15) is 4.79 Å². The summed E-state index contributed by atoms with van der Waals surface area (Å²) in [6.07, 6.45) is 9.09. The predicted octanol–water partition coefficient (Wildman–Crippen LogP) is 4.72. The number of anilines is 2. The van der Waals surface area contributed by atoms with E-state index in [1.54, 1.807) is 12.3 Å². The third-order valence-corrected chi connectivity index (χ3v) is 5.16. The van der Waals surface area contributed by atoms with Crippen LogP contribution in [-0.2, 0) is 0 Å². The number of carbonyl (C=O) groups excluding carboxylic acids is 1. The fourth-order valence-corrected chi connectivity index (χ4v) is 3.78. The van der Waals surface area contributed by atoms with Crippen molar-refractivity contribution < 1.29 is 4.79 Å². The maximum Gasteiger partial charge on any atom is 0.274 e. The molecule has 1 amide bonds. The van der Waals surface area contributed by atoms with E-state index in [4.69, 9.17) is 0 Å². The number of amides is 1. The van der Waals surface area contributed by atoms with Crippen molar-refractivity contribution >= 4 is 28.3 Å². The van der Waals surface area contributed by atoms with Gasteiger partial charge in [-0.15, -0.1) is 0 Å². The summed E-state index contributed by atoms with van der Waals surface area (Å²) < 4.78 is 0. The minimum absolute atomic E-state index is 0.257. The van der Waals surface area contributed by atoms with Gasteiger partial charge < -0.3 is 10.6 Å². The fraction of sp³-hybridized carbons (Fsp3) is 0.364. The van der Waals surface area contributed by atoms with Gasteiger partial charge in [0, 0.05) is 23.7 Å². The van der Waals surface area contributed by atoms with E-state index in [0.29, 0.717) is 23.2 Å². The molecular formula is C22H25N5O. The number of para-hydroxylation sites is 1. The summed E-state index contributed by atoms with van der Waals surface area (Å²) in [7, 11) is 0. The zero-order chi connectivity index (χ0) is 19.3. The van der Waals surface area contributed by atoms with Gasteiger partial charge >= 0.3 is 0 Å². The van der Waals surface area contributed by atoms with Gasteiger partial charge in [-0.2, -0.15) is 0 Å². The van der Waals surface area contributed by atoms with Crippen molar-refractivity contribution in [2.75, 3.05) is 10.6 Å². The van der Waals surface area contributed by atoms with Crippen LogP contribution in [0.5, 0.6) is 0 Å². The molecule has 6 heteroatoms. The summed E-state index contributed by atoms with van der Waals surface area (Å²) in [6, 6.07) is 11.7. The molecule has 2 heterocycles. The normalized spacial score (nSPS) is 15.2. The van der Waals surface area contributed by atoms with Gasteiger partial charge in [0.1, 0.15) is 17.3 Å². The fourth-order valence-electron chi connectivity index (χ4n) is 3.78. The van der Waals surface area contributed by atoms with Crippen molar-refractivity contribution in [1.29, 1.82) is 0 Å². The number of benzene rings is 1. The molecule has 28 heavy (non-hydrogen) atoms. The molecule has 0 aliphatic heterocycles. The lowest BCUT2D eigenvalue weighted by molar-refractivity contribution is 0.102. The molecule has 0 unspecified atom stereocenters. The predicted molar refractivity (Wildman–Crippen MR) is 112 cm³/mol. The molecule has 1 aliphatic rings. The Morgan fingerprint density at radius 2 is 1.82 bits per heavy atom. The van der Waals surface area contributed by atoms with Crippen LogP contribution >= 0.6 is 0 Å². The average Bonchev–Trinajstić information content (AvgIpc) is 2.96. The van der Waals surface area contributed by atoms with Gasteiger partial charge in [0.25, 0.3) is 5.91 Å². The van der Waals surface area contributed by atoms with Crippen molar-refractivity contribution in [2.24, 2.45) is 0 Å². The minimum Gasteiger partial charge on any atom is -0.367 e. The zero-order valence-electron chi connectivity index (χ0n) is 16.1. The Labute approximate surface area is 164 Å². The molecule has 144 valence electrons. The van der Waals surface area contributed by atoms with Crippen LogP contribution in [0.25, 0.3) is 10.9 Å². The van der Waals surface area contributed by atoms with E-state index in [0.717, 1.165) is 29.6 Å². The Hall–Kier alpha value is -3.02. The summed E-state index contributed by atoms with van der Waals surface area (Å²) >= 11 is 0. The quantitative estimate of drug-likeness (QED) is 0.645. The van der Waals surface area contributed by atoms with Crippen LogP contribution in [0.15, 0.2) is 42.6 Å². The molecule has 0 bridgehead atoms. The molecule has 3 aromatic rings. The lowest BCUT2D eigenvalue weighted by atomic mass is 10.1. The highest BCUT2D eigenvalue weighted by Gasteiger charge is 2.16. The van der Waals surface area contributed by atoms with Gasteiger partial charge in [-0.3, -0.25) is 9.78 Å². The summed E-state index contributed by atoms with van der Waals surface area (Å²) in [6.45, 7) is 1.81. The number of hydrogen-bond acceptors (Lipinski definition) is 5. The third kappa shape index (κ3) is 4.27. The van der Waals surface area contributed by atoms with Gasteiger partial charge in [-0.25, -0.2) is 9.97 Å². The Bertz CT molecular complexity index is 974. The smallest absolute Gasteiger partial charge is 0.274 e. The standard InChI is InChI=1S/C22H25N5O/c1-15-24-19(14-20(25-15)26-17-10-4-2-3-5-11-17)22(28)27-18-12-6-8-16-9-7-13-23-21(16)18/h6-9,12-14,17H,2-5,10-11H2,1H3,(H,27,28)(H,24,25,26). The van der Waals surface area contributed by atoms with Gasteiger partial charge in [0.05, 0.1) is 11.2 Å². The first kappa shape index (κ1) is 18.3. The summed E-state index contributed by atoms with van der Waals surface area (Å²) in [5.41, 5.74) is 1.80. The number of nitrogens with one attached hydrogen (secondary N) is 2. The average molecular weight is 375 g/mol. The van der Waals surface area contributed by atoms with Crippen LogP contribution in [-0.4, -0.2) is 26.9 Å². The number of hydrogen-bond donors (Lipinski definition) is 2. The van der Waals surface area contributed by atoms with Gasteiger partial charge in [0.2, 0.25) is 0 Å². The van der Waals surface area contributed by atoms with Gasteiger partial charge in [-0.1, -0.05) is 43.9 Å². The van der Waals surface area contributed by atoms with Crippen LogP contribution in [0.2, 0.25) is 0 Å². The number of aromatic nitrogens is 3. The first-order valence-electron chi connectivity index (χ1n) is 9.96. The van der Waals surface area contributed by atoms with Crippen molar-refractivity contribution in [1.82, 2.24) is 15.0 Å². The van der Waals surface area contributed by atoms with Crippen molar-refractivity contribution in [3.63, 3.8) is 0 Å². The zero-order valence-corrected chi connectivity index (χ0v) is 16.1. The number of nitrogens with zero attached hydrogens (tertiary/aromatic N) is 3. The highest BCUT2D eigenvalue weighted by atomic mass is 16.1. The maximum absolute atomic E-state index is 12.9. The number of pyridine rings is 1. The molecule has 0 radical (unpaired) electrons. The largest absolute Gasteiger partial charge is 0.367 e. The Morgan fingerprint density at radius 1 is 1.04 bits per heavy atom. The van der Waals surface area contributed by atoms with Crippen LogP contribution in [0.4, 0.5) is 11.5 Å². The van der Waals surface area contributed by atoms with E-state index in [-0.39, 0.29) is 5.91 Å². The Morgan fingerprint density at radius 3 is 2.64 bits per heavy atom. The van der Waals surface area contributed by atoms with E-state index in [1.807, 2.05) is 37.3 Å². The first-order valence-corrected chi connectivity index (χ1v) is 9.96. The molecule has 2 N–H and O–H groups in total. The SMILES string of the molecule is Cc1nc(NC2CCCCCC2)cc(C(=O)Nc2cccc3cccnc23)n1. The van der Waals surface area contributed by atoms with Crippen LogP contribution < -0.4 is 10.6 Å². The van der Waals surface area contributed by atoms with E-state index in [1.165, 1.54) is 25.7 Å². The minimum atomic E-state index is -0.257. The molecule has 0 spiro atoms. The van der Waals surface area contributed by atoms with Crippen LogP contribution in [0.1, 0.15) is 54.8 Å². The summed E-state index contributed by atoms with van der Waals surface area (Å²) in [4.78, 5) is 26.1. The number of carbonyl (C=O) groups is 1. The Kier molecular flexibility index (Phi) is 5.46. The molecule has 6 nitrogen and oxygen atoms in total. The molecule has 1 aliphatic carbocycles. The highest BCUT2D eigenvalue weighted by Crippen LogP contribution is 2.23. The first-order chi connectivity index (χ1) is 13.7. The molecule has 0 atom stereocenters. The highest BCUT2D eigenvalue weighted by molar-refractivity contribution is 6.07. The lowest BCUT2D eigenvalue weighted by Crippen LogP contribution is -2.21. The van der Waals surface area contributed by atoms with Crippen LogP contribution in [0.3, 0.4) is 0 Å². The topological polar surface area (TPSA) is 79.8 Å². The van der Waals surface area contributed by atoms with E-state index >= 15 is 0 Å². The monoisotopic (exact) mass is 375 g/mol. The van der Waals surface area contributed by atoms with Crippen molar-refractivity contribution in [3.8, 4) is 0 Å². The number of aryl methyl sites for hydroxylation is 1. The molecule has 1 aromatic carbocycles. The number of fused-ring (bicyclic) bond motifs is 1. The summed E-state index contributed by atoms with van der Waals surface area (Å²) in [5, 5.41) is 7.44. The van der Waals surface area contributed by atoms with Gasteiger partial charge in [0.15, 0.2) is 0 Å². The molecule has 1 fully saturated rings. The molecule has 2 aromatic heterocycles.